The van der Waals surface area contributed by atoms with Gasteiger partial charge in [0, 0.05) is 0 Å². The second-order valence-electron chi connectivity index (χ2n) is 2.92. The smallest absolute Gasteiger partial charge is 0.330 e. The Labute approximate surface area is 102 Å². The van der Waals surface area contributed by atoms with Gasteiger partial charge < -0.3 is 25.3 Å². The lowest BCUT2D eigenvalue weighted by atomic mass is 10.3. The van der Waals surface area contributed by atoms with E-state index in [-0.39, 0.29) is 6.61 Å². The van der Waals surface area contributed by atoms with E-state index >= 15 is 0 Å². The molecule has 0 radical (unpaired) electrons. The standard InChI is InChI=1S/C4H14NO10P3/c5-3-1-2-4-13-17(9,10)15-18(11,12)14-16(6,7)8/h1-5H2,(H,9,10)(H,11,12)(H2,6,7,8). The van der Waals surface area contributed by atoms with Gasteiger partial charge in [-0.1, -0.05) is 0 Å². The average Bonchev–Trinajstić information content (AvgIpc) is 2.06. The number of nitrogens with two attached hydrogens (primary N) is 1. The van der Waals surface area contributed by atoms with E-state index in [0.717, 1.165) is 0 Å². The summed E-state index contributed by atoms with van der Waals surface area (Å²) in [5, 5.41) is 0. The summed E-state index contributed by atoms with van der Waals surface area (Å²) in [4.78, 5) is 34.2. The molecule has 0 aliphatic carbocycles. The average molecular weight is 329 g/mol. The number of hydrogen-bond donors (Lipinski definition) is 5. The summed E-state index contributed by atoms with van der Waals surface area (Å²) in [5.74, 6) is 0. The van der Waals surface area contributed by atoms with Crippen LogP contribution in [0.3, 0.4) is 0 Å². The molecule has 2 atom stereocenters. The maximum atomic E-state index is 11.1. The number of hydrogen-bond acceptors (Lipinski definition) is 7. The molecule has 0 saturated carbocycles. The summed E-state index contributed by atoms with van der Waals surface area (Å²) in [6, 6.07) is 0. The zero-order valence-electron chi connectivity index (χ0n) is 8.99. The van der Waals surface area contributed by atoms with E-state index in [1.54, 1.807) is 0 Å². The second kappa shape index (κ2) is 7.23. The molecule has 0 fully saturated rings. The molecule has 0 saturated heterocycles. The first kappa shape index (κ1) is 18.4. The second-order valence-corrected chi connectivity index (χ2v) is 7.34. The molecule has 0 bridgehead atoms. The molecule has 6 N–H and O–H groups in total. The summed E-state index contributed by atoms with van der Waals surface area (Å²) < 4.78 is 43.5. The third-order valence-electron chi connectivity index (χ3n) is 1.27. The molecule has 14 heteroatoms. The zero-order valence-corrected chi connectivity index (χ0v) is 11.7. The van der Waals surface area contributed by atoms with Crippen LogP contribution in [-0.4, -0.2) is 32.7 Å². The fourth-order valence-corrected chi connectivity index (χ4v) is 3.78. The van der Waals surface area contributed by atoms with Crippen molar-refractivity contribution < 1.29 is 46.4 Å². The Hall–Kier alpha value is 0.370. The summed E-state index contributed by atoms with van der Waals surface area (Å²) in [7, 11) is -15.7. The molecule has 11 nitrogen and oxygen atoms in total. The van der Waals surface area contributed by atoms with Crippen LogP contribution in [0.15, 0.2) is 0 Å². The molecule has 0 amide bonds. The molecule has 0 aromatic carbocycles. The molecule has 110 valence electrons. The largest absolute Gasteiger partial charge is 0.490 e. The number of unbranched alkanes of at least 4 members (excludes halogenated alkanes) is 1. The first-order chi connectivity index (χ1) is 7.97. The summed E-state index contributed by atoms with van der Waals surface area (Å²) in [5.41, 5.74) is 5.14. The predicted molar refractivity (Wildman–Crippen MR) is 58.1 cm³/mol. The summed E-state index contributed by atoms with van der Waals surface area (Å²) in [6.07, 6.45) is 0.773. The highest BCUT2D eigenvalue weighted by Crippen LogP contribution is 2.66. The molecule has 0 aromatic rings. The Bertz CT molecular complexity index is 391. The fourth-order valence-electron chi connectivity index (χ4n) is 0.730. The molecule has 0 aromatic heterocycles. The van der Waals surface area contributed by atoms with Gasteiger partial charge in [0.25, 0.3) is 0 Å². The minimum absolute atomic E-state index is 0.291. The Morgan fingerprint density at radius 1 is 0.889 bits per heavy atom. The van der Waals surface area contributed by atoms with Crippen LogP contribution in [0.2, 0.25) is 0 Å². The van der Waals surface area contributed by atoms with Crippen LogP contribution < -0.4 is 5.73 Å². The number of phosphoric acid groups is 3. The van der Waals surface area contributed by atoms with Gasteiger partial charge in [-0.3, -0.25) is 4.52 Å². The highest BCUT2D eigenvalue weighted by Gasteiger charge is 2.40. The number of rotatable bonds is 9. The van der Waals surface area contributed by atoms with Gasteiger partial charge in [0.1, 0.15) is 0 Å². The molecular weight excluding hydrogens is 315 g/mol. The molecule has 18 heavy (non-hydrogen) atoms. The third-order valence-corrected chi connectivity index (χ3v) is 5.10. The van der Waals surface area contributed by atoms with E-state index in [9.17, 15) is 13.7 Å². The SMILES string of the molecule is NCCCCOP(=O)(O)OP(=O)(O)OP(=O)(O)O. The van der Waals surface area contributed by atoms with Crippen LogP contribution in [0.5, 0.6) is 0 Å². The van der Waals surface area contributed by atoms with Crippen molar-refractivity contribution in [3.8, 4) is 0 Å². The van der Waals surface area contributed by atoms with E-state index in [1.807, 2.05) is 0 Å². The topological polar surface area (TPSA) is 186 Å². The van der Waals surface area contributed by atoms with Crippen LogP contribution >= 0.6 is 23.5 Å². The van der Waals surface area contributed by atoms with Crippen molar-refractivity contribution in [3.05, 3.63) is 0 Å². The normalized spacial score (nSPS) is 19.2. The Morgan fingerprint density at radius 3 is 1.89 bits per heavy atom. The minimum atomic E-state index is -5.42. The molecule has 0 spiro atoms. The predicted octanol–water partition coefficient (Wildman–Crippen LogP) is 0.0686. The Morgan fingerprint density at radius 2 is 1.44 bits per heavy atom. The van der Waals surface area contributed by atoms with Crippen molar-refractivity contribution in [1.29, 1.82) is 0 Å². The molecule has 0 heterocycles. The summed E-state index contributed by atoms with van der Waals surface area (Å²) >= 11 is 0. The fraction of sp³-hybridized carbons (Fsp3) is 1.00. The van der Waals surface area contributed by atoms with Crippen LogP contribution in [-0.2, 0) is 26.8 Å². The first-order valence-electron chi connectivity index (χ1n) is 4.46. The molecule has 0 rings (SSSR count). The van der Waals surface area contributed by atoms with Crippen molar-refractivity contribution >= 4 is 23.5 Å². The van der Waals surface area contributed by atoms with Crippen molar-refractivity contribution in [2.24, 2.45) is 5.73 Å². The van der Waals surface area contributed by atoms with Crippen molar-refractivity contribution in [1.82, 2.24) is 0 Å². The Balaban J connectivity index is 4.34. The lowest BCUT2D eigenvalue weighted by Crippen LogP contribution is -2.02. The van der Waals surface area contributed by atoms with Crippen LogP contribution in [0.25, 0.3) is 0 Å². The van der Waals surface area contributed by atoms with E-state index in [2.05, 4.69) is 13.1 Å². The van der Waals surface area contributed by atoms with Crippen LogP contribution in [0.4, 0.5) is 0 Å². The van der Waals surface area contributed by atoms with E-state index < -0.39 is 23.5 Å². The van der Waals surface area contributed by atoms with Crippen LogP contribution in [0, 0.1) is 0 Å². The van der Waals surface area contributed by atoms with E-state index in [0.29, 0.717) is 19.4 Å². The van der Waals surface area contributed by atoms with Gasteiger partial charge >= 0.3 is 23.5 Å². The lowest BCUT2D eigenvalue weighted by Gasteiger charge is -2.15. The maximum absolute atomic E-state index is 11.1. The van der Waals surface area contributed by atoms with Gasteiger partial charge in [-0.05, 0) is 19.4 Å². The minimum Gasteiger partial charge on any atom is -0.330 e. The zero-order chi connectivity index (χ0) is 14.4. The van der Waals surface area contributed by atoms with Crippen LogP contribution in [0.1, 0.15) is 12.8 Å². The molecule has 2 unspecified atom stereocenters. The van der Waals surface area contributed by atoms with Gasteiger partial charge in [0.15, 0.2) is 0 Å². The van der Waals surface area contributed by atoms with Gasteiger partial charge in [0.05, 0.1) is 6.61 Å². The maximum Gasteiger partial charge on any atom is 0.490 e. The highest BCUT2D eigenvalue weighted by atomic mass is 31.3. The van der Waals surface area contributed by atoms with Crippen molar-refractivity contribution in [2.75, 3.05) is 13.2 Å². The van der Waals surface area contributed by atoms with Gasteiger partial charge in [-0.25, -0.2) is 13.7 Å². The van der Waals surface area contributed by atoms with Crippen molar-refractivity contribution in [2.45, 2.75) is 12.8 Å². The molecule has 0 aliphatic rings. The van der Waals surface area contributed by atoms with Gasteiger partial charge in [-0.2, -0.15) is 8.62 Å². The lowest BCUT2D eigenvalue weighted by molar-refractivity contribution is 0.170. The summed E-state index contributed by atoms with van der Waals surface area (Å²) in [6.45, 7) is 0.0284. The Kier molecular flexibility index (Phi) is 7.38. The molecule has 0 aliphatic heterocycles. The third kappa shape index (κ3) is 10.3. The first-order valence-corrected chi connectivity index (χ1v) is 8.98. The van der Waals surface area contributed by atoms with E-state index in [4.69, 9.17) is 25.3 Å². The number of phosphoric ester groups is 1. The van der Waals surface area contributed by atoms with Crippen molar-refractivity contribution in [3.63, 3.8) is 0 Å². The van der Waals surface area contributed by atoms with Gasteiger partial charge in [-0.15, -0.1) is 0 Å². The highest BCUT2D eigenvalue weighted by molar-refractivity contribution is 7.66. The van der Waals surface area contributed by atoms with Gasteiger partial charge in [0.2, 0.25) is 0 Å². The van der Waals surface area contributed by atoms with E-state index in [1.165, 1.54) is 0 Å². The molecular formula is C4H14NO10P3. The monoisotopic (exact) mass is 329 g/mol. The quantitative estimate of drug-likeness (QED) is 0.284.